The summed E-state index contributed by atoms with van der Waals surface area (Å²) >= 11 is 0. The Kier molecular flexibility index (Phi) is 6.15. The first kappa shape index (κ1) is 19.4. The van der Waals surface area contributed by atoms with Crippen LogP contribution in [0, 0.1) is 0 Å². The van der Waals surface area contributed by atoms with Gasteiger partial charge in [-0.15, -0.1) is 0 Å². The van der Waals surface area contributed by atoms with Crippen LogP contribution in [0.25, 0.3) is 11.0 Å². The molecule has 0 unspecified atom stereocenters. The second-order valence-electron chi connectivity index (χ2n) is 6.02. The Bertz CT molecular complexity index is 858. The maximum absolute atomic E-state index is 12.2. The fourth-order valence-electron chi connectivity index (χ4n) is 2.47. The number of aryl methyl sites for hydroxylation is 2. The molecule has 9 heteroatoms. The molecule has 0 radical (unpaired) electrons. The molecule has 1 aromatic carbocycles. The summed E-state index contributed by atoms with van der Waals surface area (Å²) in [5.74, 6) is 0.694. The van der Waals surface area contributed by atoms with Crippen molar-refractivity contribution in [2.75, 3.05) is 27.2 Å². The van der Waals surface area contributed by atoms with Gasteiger partial charge in [0.05, 0.1) is 15.9 Å². The molecule has 3 N–H and O–H groups in total. The van der Waals surface area contributed by atoms with Crippen molar-refractivity contribution in [3.05, 3.63) is 24.0 Å². The van der Waals surface area contributed by atoms with E-state index in [2.05, 4.69) is 10.3 Å². The van der Waals surface area contributed by atoms with Crippen LogP contribution >= 0.6 is 0 Å². The first-order chi connectivity index (χ1) is 11.8. The van der Waals surface area contributed by atoms with Gasteiger partial charge in [0.2, 0.25) is 15.9 Å². The van der Waals surface area contributed by atoms with Crippen LogP contribution in [0.1, 0.15) is 18.7 Å². The number of imidazole rings is 1. The van der Waals surface area contributed by atoms with Gasteiger partial charge in [-0.2, -0.15) is 0 Å². The van der Waals surface area contributed by atoms with Gasteiger partial charge in [0.25, 0.3) is 0 Å². The van der Waals surface area contributed by atoms with E-state index in [4.69, 9.17) is 5.73 Å². The number of carbonyl (C=O) groups excluding carboxylic acids is 1. The molecule has 0 fully saturated rings. The number of carbonyl (C=O) groups is 1. The van der Waals surface area contributed by atoms with E-state index in [0.29, 0.717) is 31.4 Å². The van der Waals surface area contributed by atoms with E-state index in [1.54, 1.807) is 18.2 Å². The van der Waals surface area contributed by atoms with Gasteiger partial charge in [0, 0.05) is 40.5 Å². The molecule has 1 heterocycles. The van der Waals surface area contributed by atoms with Crippen molar-refractivity contribution in [1.82, 2.24) is 19.2 Å². The zero-order valence-electron chi connectivity index (χ0n) is 14.8. The van der Waals surface area contributed by atoms with Gasteiger partial charge in [-0.3, -0.25) is 4.79 Å². The van der Waals surface area contributed by atoms with Crippen LogP contribution in [0.4, 0.5) is 0 Å². The predicted octanol–water partition coefficient (Wildman–Crippen LogP) is 0.221. The van der Waals surface area contributed by atoms with E-state index in [1.165, 1.54) is 18.4 Å². The lowest BCUT2D eigenvalue weighted by Gasteiger charge is -2.10. The van der Waals surface area contributed by atoms with Gasteiger partial charge in [-0.05, 0) is 31.2 Å². The lowest BCUT2D eigenvalue weighted by molar-refractivity contribution is -0.121. The first-order valence-electron chi connectivity index (χ1n) is 8.12. The molecule has 0 saturated heterocycles. The third-order valence-corrected chi connectivity index (χ3v) is 5.81. The number of benzene rings is 1. The van der Waals surface area contributed by atoms with Crippen molar-refractivity contribution in [1.29, 1.82) is 0 Å². The molecular weight excluding hydrogens is 342 g/mol. The van der Waals surface area contributed by atoms with Gasteiger partial charge in [0.15, 0.2) is 0 Å². The lowest BCUT2D eigenvalue weighted by atomic mass is 10.2. The third-order valence-electron chi connectivity index (χ3n) is 4.00. The third kappa shape index (κ3) is 4.36. The van der Waals surface area contributed by atoms with Gasteiger partial charge >= 0.3 is 0 Å². The predicted molar refractivity (Wildman–Crippen MR) is 96.6 cm³/mol. The Balaban J connectivity index is 2.17. The summed E-state index contributed by atoms with van der Waals surface area (Å²) in [5, 5.41) is 2.81. The maximum atomic E-state index is 12.2. The summed E-state index contributed by atoms with van der Waals surface area (Å²) < 4.78 is 27.5. The first-order valence-corrected chi connectivity index (χ1v) is 9.56. The Labute approximate surface area is 148 Å². The zero-order valence-corrected chi connectivity index (χ0v) is 15.6. The molecule has 1 aromatic heterocycles. The largest absolute Gasteiger partial charge is 0.356 e. The minimum absolute atomic E-state index is 0.0450. The number of amides is 1. The smallest absolute Gasteiger partial charge is 0.242 e. The zero-order chi connectivity index (χ0) is 18.6. The number of hydrogen-bond acceptors (Lipinski definition) is 5. The Morgan fingerprint density at radius 2 is 2.08 bits per heavy atom. The minimum atomic E-state index is -3.50. The average molecular weight is 367 g/mol. The van der Waals surface area contributed by atoms with Gasteiger partial charge in [-0.1, -0.05) is 0 Å². The molecule has 0 aliphatic rings. The molecule has 0 atom stereocenters. The molecular formula is C16H25N5O3S. The number of hydrogen-bond donors (Lipinski definition) is 2. The van der Waals surface area contributed by atoms with E-state index < -0.39 is 10.0 Å². The Hall–Kier alpha value is -1.97. The van der Waals surface area contributed by atoms with Crippen molar-refractivity contribution in [2.45, 2.75) is 24.2 Å². The van der Waals surface area contributed by atoms with Crippen LogP contribution in [0.2, 0.25) is 0 Å². The molecule has 0 aliphatic carbocycles. The summed E-state index contributed by atoms with van der Waals surface area (Å²) in [5.41, 5.74) is 6.82. The number of aromatic nitrogens is 2. The van der Waals surface area contributed by atoms with Crippen molar-refractivity contribution in [2.24, 2.45) is 12.8 Å². The summed E-state index contributed by atoms with van der Waals surface area (Å²) in [6, 6.07) is 4.88. The number of rotatable bonds is 8. The van der Waals surface area contributed by atoms with E-state index >= 15 is 0 Å². The highest BCUT2D eigenvalue weighted by molar-refractivity contribution is 7.89. The number of nitrogens with one attached hydrogen (secondary N) is 1. The highest BCUT2D eigenvalue weighted by atomic mass is 32.2. The van der Waals surface area contributed by atoms with E-state index in [9.17, 15) is 13.2 Å². The fraction of sp³-hybridized carbons (Fsp3) is 0.500. The second kappa shape index (κ2) is 7.94. The number of nitrogens with two attached hydrogens (primary N) is 1. The van der Waals surface area contributed by atoms with Crippen molar-refractivity contribution < 1.29 is 13.2 Å². The normalized spacial score (nSPS) is 12.0. The van der Waals surface area contributed by atoms with Gasteiger partial charge in [-0.25, -0.2) is 17.7 Å². The quantitative estimate of drug-likeness (QED) is 0.649. The molecule has 0 bridgehead atoms. The van der Waals surface area contributed by atoms with E-state index in [-0.39, 0.29) is 10.8 Å². The standard InChI is InChI=1S/C16H25N5O3S/c1-20(2)25(23,24)12-5-6-14-13(11-12)19-15(21(14)3)7-8-16(22)18-10-4-9-17/h5-6,11H,4,7-10,17H2,1-3H3,(H,18,22). The highest BCUT2D eigenvalue weighted by Crippen LogP contribution is 2.21. The fourth-order valence-corrected chi connectivity index (χ4v) is 3.39. The summed E-state index contributed by atoms with van der Waals surface area (Å²) in [6.07, 6.45) is 1.56. The molecule has 0 saturated carbocycles. The maximum Gasteiger partial charge on any atom is 0.242 e. The summed E-state index contributed by atoms with van der Waals surface area (Å²) in [6.45, 7) is 1.12. The summed E-state index contributed by atoms with van der Waals surface area (Å²) in [4.78, 5) is 16.5. The van der Waals surface area contributed by atoms with Crippen LogP contribution in [0.3, 0.4) is 0 Å². The lowest BCUT2D eigenvalue weighted by Crippen LogP contribution is -2.26. The van der Waals surface area contributed by atoms with Crippen LogP contribution < -0.4 is 11.1 Å². The number of nitrogens with zero attached hydrogens (tertiary/aromatic N) is 3. The van der Waals surface area contributed by atoms with Crippen molar-refractivity contribution in [3.8, 4) is 0 Å². The highest BCUT2D eigenvalue weighted by Gasteiger charge is 2.19. The van der Waals surface area contributed by atoms with Gasteiger partial charge < -0.3 is 15.6 Å². The molecule has 0 spiro atoms. The number of sulfonamides is 1. The Morgan fingerprint density at radius 3 is 2.72 bits per heavy atom. The molecule has 8 nitrogen and oxygen atoms in total. The van der Waals surface area contributed by atoms with Gasteiger partial charge in [0.1, 0.15) is 5.82 Å². The molecule has 25 heavy (non-hydrogen) atoms. The Morgan fingerprint density at radius 1 is 1.36 bits per heavy atom. The molecule has 1 amide bonds. The molecule has 138 valence electrons. The van der Waals surface area contributed by atoms with Crippen molar-refractivity contribution >= 4 is 27.0 Å². The van der Waals surface area contributed by atoms with Crippen LogP contribution in [0.15, 0.2) is 23.1 Å². The van der Waals surface area contributed by atoms with Crippen LogP contribution in [0.5, 0.6) is 0 Å². The molecule has 0 aliphatic heterocycles. The van der Waals surface area contributed by atoms with E-state index in [0.717, 1.165) is 17.8 Å². The SMILES string of the molecule is CN(C)S(=O)(=O)c1ccc2c(c1)nc(CCC(=O)NCCCN)n2C. The van der Waals surface area contributed by atoms with Crippen molar-refractivity contribution in [3.63, 3.8) is 0 Å². The van der Waals surface area contributed by atoms with Crippen LogP contribution in [-0.2, 0) is 28.3 Å². The average Bonchev–Trinajstić information content (AvgIpc) is 2.88. The minimum Gasteiger partial charge on any atom is -0.356 e. The topological polar surface area (TPSA) is 110 Å². The molecule has 2 rings (SSSR count). The summed E-state index contributed by atoms with van der Waals surface area (Å²) in [7, 11) is 1.34. The second-order valence-corrected chi connectivity index (χ2v) is 8.17. The van der Waals surface area contributed by atoms with E-state index in [1.807, 2.05) is 11.6 Å². The monoisotopic (exact) mass is 367 g/mol. The number of fused-ring (bicyclic) bond motifs is 1. The van der Waals surface area contributed by atoms with Crippen LogP contribution in [-0.4, -0.2) is 55.4 Å². The molecule has 2 aromatic rings.